The number of nitrogens with zero attached hydrogens (tertiary/aromatic N) is 3. The molecule has 4 heteroatoms. The second-order valence-electron chi connectivity index (χ2n) is 4.71. The molecule has 0 spiro atoms. The van der Waals surface area contributed by atoms with Crippen LogP contribution in [0.3, 0.4) is 0 Å². The Kier molecular flexibility index (Phi) is 4.24. The van der Waals surface area contributed by atoms with E-state index in [9.17, 15) is 0 Å². The second-order valence-corrected chi connectivity index (χ2v) is 5.02. The number of hydrogen-bond acceptors (Lipinski definition) is 2. The number of rotatable bonds is 4. The minimum absolute atomic E-state index is 0.747. The quantitative estimate of drug-likeness (QED) is 0.751. The molecule has 0 N–H and O–H groups in total. The van der Waals surface area contributed by atoms with E-state index in [1.54, 1.807) is 0 Å². The molecule has 0 aliphatic carbocycles. The summed E-state index contributed by atoms with van der Waals surface area (Å²) in [6, 6.07) is 0. The van der Waals surface area contributed by atoms with Crippen molar-refractivity contribution in [2.24, 2.45) is 13.0 Å². The van der Waals surface area contributed by atoms with Crippen molar-refractivity contribution in [2.45, 2.75) is 19.3 Å². The molecule has 90 valence electrons. The van der Waals surface area contributed by atoms with Crippen molar-refractivity contribution in [1.82, 2.24) is 14.7 Å². The summed E-state index contributed by atoms with van der Waals surface area (Å²) in [5, 5.41) is 4.19. The van der Waals surface area contributed by atoms with Crippen molar-refractivity contribution in [3.63, 3.8) is 0 Å². The first-order chi connectivity index (χ1) is 7.78. The molecule has 1 aromatic rings. The Balaban J connectivity index is 1.71. The van der Waals surface area contributed by atoms with Crippen LogP contribution in [0.5, 0.6) is 0 Å². The van der Waals surface area contributed by atoms with E-state index in [2.05, 4.69) is 16.2 Å². The van der Waals surface area contributed by atoms with Crippen LogP contribution in [-0.2, 0) is 13.5 Å². The average Bonchev–Trinajstić information content (AvgIpc) is 2.73. The summed E-state index contributed by atoms with van der Waals surface area (Å²) in [7, 11) is 1.97. The Morgan fingerprint density at radius 1 is 1.44 bits per heavy atom. The summed E-state index contributed by atoms with van der Waals surface area (Å²) >= 11 is 5.87. The average molecular weight is 242 g/mol. The van der Waals surface area contributed by atoms with Gasteiger partial charge in [0, 0.05) is 25.7 Å². The van der Waals surface area contributed by atoms with Crippen LogP contribution in [0.1, 0.15) is 18.4 Å². The number of halogens is 1. The van der Waals surface area contributed by atoms with Crippen molar-refractivity contribution >= 4 is 11.6 Å². The number of aromatic nitrogens is 2. The fourth-order valence-electron chi connectivity index (χ4n) is 2.25. The summed E-state index contributed by atoms with van der Waals surface area (Å²) in [5.74, 6) is 1.58. The Labute approximate surface area is 102 Å². The summed E-state index contributed by atoms with van der Waals surface area (Å²) in [5.41, 5.74) is 1.34. The number of hydrogen-bond donors (Lipinski definition) is 0. The lowest BCUT2D eigenvalue weighted by atomic mass is 9.99. The largest absolute Gasteiger partial charge is 0.303 e. The van der Waals surface area contributed by atoms with E-state index in [1.165, 1.54) is 31.5 Å². The van der Waals surface area contributed by atoms with Gasteiger partial charge in [0.05, 0.1) is 6.20 Å². The third kappa shape index (κ3) is 3.22. The standard InChI is InChI=1S/C12H20ClN3/c1-15-10-12(9-14-15)4-7-16-5-2-11(8-13)3-6-16/h9-11H,2-8H2,1H3. The van der Waals surface area contributed by atoms with Crippen molar-refractivity contribution in [3.05, 3.63) is 18.0 Å². The van der Waals surface area contributed by atoms with Gasteiger partial charge in [-0.25, -0.2) is 0 Å². The molecule has 1 aliphatic heterocycles. The van der Waals surface area contributed by atoms with E-state index >= 15 is 0 Å². The van der Waals surface area contributed by atoms with Crippen LogP contribution in [0.25, 0.3) is 0 Å². The highest BCUT2D eigenvalue weighted by atomic mass is 35.5. The van der Waals surface area contributed by atoms with Gasteiger partial charge in [0.15, 0.2) is 0 Å². The van der Waals surface area contributed by atoms with Crippen LogP contribution in [0.4, 0.5) is 0 Å². The van der Waals surface area contributed by atoms with E-state index in [0.717, 1.165) is 24.8 Å². The molecule has 2 heterocycles. The van der Waals surface area contributed by atoms with E-state index in [-0.39, 0.29) is 0 Å². The molecule has 16 heavy (non-hydrogen) atoms. The van der Waals surface area contributed by atoms with Gasteiger partial charge >= 0.3 is 0 Å². The van der Waals surface area contributed by atoms with E-state index in [0.29, 0.717) is 0 Å². The zero-order valence-electron chi connectivity index (χ0n) is 9.90. The molecule has 0 amide bonds. The van der Waals surface area contributed by atoms with Crippen molar-refractivity contribution in [2.75, 3.05) is 25.5 Å². The highest BCUT2D eigenvalue weighted by Crippen LogP contribution is 2.18. The molecule has 0 atom stereocenters. The Hall–Kier alpha value is -0.540. The zero-order chi connectivity index (χ0) is 11.4. The van der Waals surface area contributed by atoms with Gasteiger partial charge in [-0.2, -0.15) is 5.10 Å². The highest BCUT2D eigenvalue weighted by Gasteiger charge is 2.17. The monoisotopic (exact) mass is 241 g/mol. The summed E-state index contributed by atoms with van der Waals surface area (Å²) in [6.07, 6.45) is 7.70. The smallest absolute Gasteiger partial charge is 0.0522 e. The fraction of sp³-hybridized carbons (Fsp3) is 0.750. The van der Waals surface area contributed by atoms with Crippen LogP contribution < -0.4 is 0 Å². The van der Waals surface area contributed by atoms with Gasteiger partial charge in [0.25, 0.3) is 0 Å². The molecule has 0 aromatic carbocycles. The molecule has 0 bridgehead atoms. The van der Waals surface area contributed by atoms with E-state index in [4.69, 9.17) is 11.6 Å². The number of alkyl halides is 1. The summed E-state index contributed by atoms with van der Waals surface area (Å²) in [4.78, 5) is 2.54. The van der Waals surface area contributed by atoms with Crippen molar-refractivity contribution < 1.29 is 0 Å². The zero-order valence-corrected chi connectivity index (χ0v) is 10.7. The van der Waals surface area contributed by atoms with Crippen LogP contribution in [-0.4, -0.2) is 40.2 Å². The Bertz CT molecular complexity index is 316. The van der Waals surface area contributed by atoms with Gasteiger partial charge in [-0.15, -0.1) is 11.6 Å². The predicted octanol–water partition coefficient (Wildman–Crippen LogP) is 1.91. The van der Waals surface area contributed by atoms with Crippen molar-refractivity contribution in [1.29, 1.82) is 0 Å². The maximum absolute atomic E-state index is 5.87. The molecule has 0 radical (unpaired) electrons. The topological polar surface area (TPSA) is 21.1 Å². The Morgan fingerprint density at radius 2 is 2.19 bits per heavy atom. The second kappa shape index (κ2) is 5.69. The number of aryl methyl sites for hydroxylation is 1. The lowest BCUT2D eigenvalue weighted by molar-refractivity contribution is 0.196. The van der Waals surface area contributed by atoms with Crippen LogP contribution >= 0.6 is 11.6 Å². The lowest BCUT2D eigenvalue weighted by Gasteiger charge is -2.30. The Morgan fingerprint density at radius 3 is 2.75 bits per heavy atom. The fourth-order valence-corrected chi connectivity index (χ4v) is 2.56. The third-order valence-electron chi connectivity index (χ3n) is 3.40. The molecule has 0 saturated carbocycles. The van der Waals surface area contributed by atoms with Gasteiger partial charge < -0.3 is 4.90 Å². The molecular formula is C12H20ClN3. The first-order valence-corrected chi connectivity index (χ1v) is 6.57. The molecule has 3 nitrogen and oxygen atoms in total. The first kappa shape index (κ1) is 11.9. The molecule has 1 aliphatic rings. The molecule has 1 fully saturated rings. The van der Waals surface area contributed by atoms with Crippen LogP contribution in [0.15, 0.2) is 12.4 Å². The maximum atomic E-state index is 5.87. The lowest BCUT2D eigenvalue weighted by Crippen LogP contribution is -2.35. The minimum Gasteiger partial charge on any atom is -0.303 e. The van der Waals surface area contributed by atoms with Gasteiger partial charge in [-0.05, 0) is 43.8 Å². The summed E-state index contributed by atoms with van der Waals surface area (Å²) in [6.45, 7) is 3.57. The first-order valence-electron chi connectivity index (χ1n) is 6.04. The van der Waals surface area contributed by atoms with Gasteiger partial charge in [0.2, 0.25) is 0 Å². The number of likely N-dealkylation sites (tertiary alicyclic amines) is 1. The summed E-state index contributed by atoms with van der Waals surface area (Å²) < 4.78 is 1.87. The van der Waals surface area contributed by atoms with E-state index in [1.807, 2.05) is 17.9 Å². The molecule has 1 saturated heterocycles. The molecular weight excluding hydrogens is 222 g/mol. The molecule has 0 unspecified atom stereocenters. The van der Waals surface area contributed by atoms with Crippen LogP contribution in [0.2, 0.25) is 0 Å². The molecule has 1 aromatic heterocycles. The van der Waals surface area contributed by atoms with Gasteiger partial charge in [0.1, 0.15) is 0 Å². The maximum Gasteiger partial charge on any atom is 0.0522 e. The number of piperidine rings is 1. The third-order valence-corrected chi connectivity index (χ3v) is 3.84. The van der Waals surface area contributed by atoms with Gasteiger partial charge in [-0.1, -0.05) is 0 Å². The van der Waals surface area contributed by atoms with Gasteiger partial charge in [-0.3, -0.25) is 4.68 Å². The SMILES string of the molecule is Cn1cc(CCN2CCC(CCl)CC2)cn1. The highest BCUT2D eigenvalue weighted by molar-refractivity contribution is 6.18. The predicted molar refractivity (Wildman–Crippen MR) is 66.8 cm³/mol. The van der Waals surface area contributed by atoms with Crippen molar-refractivity contribution in [3.8, 4) is 0 Å². The normalized spacial score (nSPS) is 19.1. The minimum atomic E-state index is 0.747. The van der Waals surface area contributed by atoms with E-state index < -0.39 is 0 Å². The molecule has 2 rings (SSSR count). The van der Waals surface area contributed by atoms with Crippen LogP contribution in [0, 0.1) is 5.92 Å².